The molecule has 1 aromatic carbocycles. The molecule has 1 aromatic heterocycles. The largest absolute Gasteiger partial charge is 0.495 e. The van der Waals surface area contributed by atoms with Crippen LogP contribution in [0, 0.1) is 0 Å². The number of methoxy groups -OCH3 is 1. The van der Waals surface area contributed by atoms with E-state index in [2.05, 4.69) is 10.3 Å². The van der Waals surface area contributed by atoms with Gasteiger partial charge >= 0.3 is 0 Å². The summed E-state index contributed by atoms with van der Waals surface area (Å²) in [6.07, 6.45) is 2.01. The molecular weight excluding hydrogens is 326 g/mol. The number of carbonyl (C=O) groups is 2. The number of benzene rings is 1. The van der Waals surface area contributed by atoms with Gasteiger partial charge in [-0.25, -0.2) is 4.98 Å². The van der Waals surface area contributed by atoms with Gasteiger partial charge in [0.15, 0.2) is 5.13 Å². The number of aryl methyl sites for hydroxylation is 1. The first-order valence-electron chi connectivity index (χ1n) is 7.88. The Balaban J connectivity index is 1.86. The molecule has 24 heavy (non-hydrogen) atoms. The van der Waals surface area contributed by atoms with Gasteiger partial charge in [-0.3, -0.25) is 14.5 Å². The van der Waals surface area contributed by atoms with Crippen LogP contribution in [0.5, 0.6) is 5.75 Å². The van der Waals surface area contributed by atoms with E-state index in [9.17, 15) is 9.59 Å². The lowest BCUT2D eigenvalue weighted by molar-refractivity contribution is -0.117. The number of carbonyl (C=O) groups excluding carboxylic acids is 2. The van der Waals surface area contributed by atoms with Crippen molar-refractivity contribution < 1.29 is 14.3 Å². The van der Waals surface area contributed by atoms with Crippen LogP contribution in [0.25, 0.3) is 0 Å². The van der Waals surface area contributed by atoms with E-state index >= 15 is 0 Å². The van der Waals surface area contributed by atoms with E-state index < -0.39 is 0 Å². The van der Waals surface area contributed by atoms with Gasteiger partial charge in [0.05, 0.1) is 18.5 Å². The summed E-state index contributed by atoms with van der Waals surface area (Å²) in [6.45, 7) is 2.62. The van der Waals surface area contributed by atoms with E-state index in [1.807, 2.05) is 19.1 Å². The zero-order valence-corrected chi connectivity index (χ0v) is 14.5. The third kappa shape index (κ3) is 3.12. The normalized spacial score (nSPS) is 14.1. The Morgan fingerprint density at radius 3 is 2.88 bits per heavy atom. The number of hydrogen-bond donors (Lipinski definition) is 1. The lowest BCUT2D eigenvalue weighted by Crippen LogP contribution is -2.23. The molecule has 2 heterocycles. The van der Waals surface area contributed by atoms with Crippen LogP contribution in [-0.4, -0.2) is 30.5 Å². The SMILES string of the molecule is CCc1nc(N2CCCC2=O)sc1C(=O)Nc1ccccc1OC. The summed E-state index contributed by atoms with van der Waals surface area (Å²) in [6, 6.07) is 7.25. The number of anilines is 2. The fourth-order valence-corrected chi connectivity index (χ4v) is 3.74. The van der Waals surface area contributed by atoms with Crippen molar-refractivity contribution in [3.63, 3.8) is 0 Å². The third-order valence-electron chi connectivity index (χ3n) is 3.89. The van der Waals surface area contributed by atoms with Gasteiger partial charge in [-0.15, -0.1) is 0 Å². The number of hydrogen-bond acceptors (Lipinski definition) is 5. The molecule has 0 radical (unpaired) electrons. The van der Waals surface area contributed by atoms with Crippen LogP contribution < -0.4 is 15.0 Å². The Labute approximate surface area is 144 Å². The molecule has 2 aromatic rings. The minimum atomic E-state index is -0.230. The topological polar surface area (TPSA) is 71.5 Å². The molecule has 0 spiro atoms. The average Bonchev–Trinajstić information content (AvgIpc) is 3.21. The summed E-state index contributed by atoms with van der Waals surface area (Å²) in [4.78, 5) is 31.3. The maximum Gasteiger partial charge on any atom is 0.267 e. The molecule has 1 N–H and O–H groups in total. The van der Waals surface area contributed by atoms with Gasteiger partial charge in [0.25, 0.3) is 5.91 Å². The number of thiazole rings is 1. The predicted molar refractivity (Wildman–Crippen MR) is 94.0 cm³/mol. The lowest BCUT2D eigenvalue weighted by atomic mass is 10.2. The van der Waals surface area contributed by atoms with Crippen molar-refractivity contribution in [3.05, 3.63) is 34.8 Å². The van der Waals surface area contributed by atoms with Gasteiger partial charge in [0.2, 0.25) is 5.91 Å². The summed E-state index contributed by atoms with van der Waals surface area (Å²) in [5.74, 6) is 0.443. The van der Waals surface area contributed by atoms with Gasteiger partial charge in [-0.2, -0.15) is 0 Å². The van der Waals surface area contributed by atoms with Crippen LogP contribution in [0.3, 0.4) is 0 Å². The number of amides is 2. The molecule has 0 unspecified atom stereocenters. The molecule has 7 heteroatoms. The Morgan fingerprint density at radius 1 is 1.42 bits per heavy atom. The fourth-order valence-electron chi connectivity index (χ4n) is 2.65. The second kappa shape index (κ2) is 7.00. The number of ether oxygens (including phenoxy) is 1. The minimum absolute atomic E-state index is 0.0723. The second-order valence-corrected chi connectivity index (χ2v) is 6.41. The Morgan fingerprint density at radius 2 is 2.21 bits per heavy atom. The van der Waals surface area contributed by atoms with E-state index in [0.717, 1.165) is 6.42 Å². The molecule has 3 rings (SSSR count). The standard InChI is InChI=1S/C17H19N3O3S/c1-3-11-15(24-17(19-11)20-10-6-9-14(20)21)16(22)18-12-7-4-5-8-13(12)23-2/h4-5,7-8H,3,6,9-10H2,1-2H3,(H,18,22). The zero-order valence-electron chi connectivity index (χ0n) is 13.7. The van der Waals surface area contributed by atoms with Crippen molar-refractivity contribution in [2.45, 2.75) is 26.2 Å². The highest BCUT2D eigenvalue weighted by Crippen LogP contribution is 2.31. The molecule has 0 atom stereocenters. The quantitative estimate of drug-likeness (QED) is 0.904. The molecule has 1 fully saturated rings. The van der Waals surface area contributed by atoms with Crippen molar-refractivity contribution in [3.8, 4) is 5.75 Å². The maximum absolute atomic E-state index is 12.7. The van der Waals surface area contributed by atoms with Crippen LogP contribution in [0.4, 0.5) is 10.8 Å². The van der Waals surface area contributed by atoms with Crippen LogP contribution in [0.15, 0.2) is 24.3 Å². The van der Waals surface area contributed by atoms with E-state index in [1.54, 1.807) is 24.1 Å². The van der Waals surface area contributed by atoms with Crippen molar-refractivity contribution in [1.82, 2.24) is 4.98 Å². The summed E-state index contributed by atoms with van der Waals surface area (Å²) >= 11 is 1.27. The second-order valence-electron chi connectivity index (χ2n) is 5.43. The minimum Gasteiger partial charge on any atom is -0.495 e. The van der Waals surface area contributed by atoms with Gasteiger partial charge < -0.3 is 10.1 Å². The van der Waals surface area contributed by atoms with E-state index in [1.165, 1.54) is 11.3 Å². The molecular formula is C17H19N3O3S. The summed E-state index contributed by atoms with van der Waals surface area (Å²) in [5.41, 5.74) is 1.32. The molecule has 1 aliphatic rings. The number of nitrogens with one attached hydrogen (secondary N) is 1. The van der Waals surface area contributed by atoms with E-state index in [0.29, 0.717) is 46.5 Å². The fraction of sp³-hybridized carbons (Fsp3) is 0.353. The Kier molecular flexibility index (Phi) is 4.80. The highest BCUT2D eigenvalue weighted by molar-refractivity contribution is 7.18. The molecule has 2 amide bonds. The number of para-hydroxylation sites is 2. The summed E-state index contributed by atoms with van der Waals surface area (Å²) in [7, 11) is 1.56. The van der Waals surface area contributed by atoms with E-state index in [-0.39, 0.29) is 11.8 Å². The third-order valence-corrected chi connectivity index (χ3v) is 5.01. The van der Waals surface area contributed by atoms with Crippen molar-refractivity contribution in [1.29, 1.82) is 0 Å². The highest BCUT2D eigenvalue weighted by atomic mass is 32.1. The Bertz CT molecular complexity index is 772. The summed E-state index contributed by atoms with van der Waals surface area (Å²) in [5, 5.41) is 3.48. The first kappa shape index (κ1) is 16.4. The summed E-state index contributed by atoms with van der Waals surface area (Å²) < 4.78 is 5.26. The molecule has 6 nitrogen and oxygen atoms in total. The van der Waals surface area contributed by atoms with Crippen LogP contribution in [0.1, 0.15) is 35.1 Å². The van der Waals surface area contributed by atoms with Crippen LogP contribution in [-0.2, 0) is 11.2 Å². The Hall–Kier alpha value is -2.41. The molecule has 0 bridgehead atoms. The number of aromatic nitrogens is 1. The molecule has 1 saturated heterocycles. The molecule has 0 aliphatic carbocycles. The predicted octanol–water partition coefficient (Wildman–Crippen LogP) is 3.09. The van der Waals surface area contributed by atoms with Gasteiger partial charge in [0, 0.05) is 13.0 Å². The van der Waals surface area contributed by atoms with Gasteiger partial charge in [-0.1, -0.05) is 30.4 Å². The van der Waals surface area contributed by atoms with Crippen molar-refractivity contribution >= 4 is 34.0 Å². The average molecular weight is 345 g/mol. The first-order valence-corrected chi connectivity index (χ1v) is 8.70. The smallest absolute Gasteiger partial charge is 0.267 e. The maximum atomic E-state index is 12.7. The van der Waals surface area contributed by atoms with Crippen LogP contribution >= 0.6 is 11.3 Å². The van der Waals surface area contributed by atoms with Crippen molar-refractivity contribution in [2.75, 3.05) is 23.9 Å². The number of rotatable bonds is 5. The molecule has 0 saturated carbocycles. The number of nitrogens with zero attached hydrogens (tertiary/aromatic N) is 2. The highest BCUT2D eigenvalue weighted by Gasteiger charge is 2.27. The van der Waals surface area contributed by atoms with Gasteiger partial charge in [-0.05, 0) is 25.0 Å². The zero-order chi connectivity index (χ0) is 17.1. The molecule has 126 valence electrons. The lowest BCUT2D eigenvalue weighted by Gasteiger charge is -2.10. The van der Waals surface area contributed by atoms with Crippen molar-refractivity contribution in [2.24, 2.45) is 0 Å². The monoisotopic (exact) mass is 345 g/mol. The van der Waals surface area contributed by atoms with Crippen LogP contribution in [0.2, 0.25) is 0 Å². The van der Waals surface area contributed by atoms with E-state index in [4.69, 9.17) is 4.74 Å². The molecule has 1 aliphatic heterocycles. The van der Waals surface area contributed by atoms with Gasteiger partial charge in [0.1, 0.15) is 10.6 Å². The first-order chi connectivity index (χ1) is 11.6.